The zero-order chi connectivity index (χ0) is 34.8. The minimum Gasteiger partial charge on any atom is -0.494 e. The zero-order valence-electron chi connectivity index (χ0n) is 28.4. The molecule has 0 N–H and O–H groups in total. The average molecular weight is 783 g/mol. The lowest BCUT2D eigenvalue weighted by atomic mass is 9.96. The van der Waals surface area contributed by atoms with E-state index in [1.807, 2.05) is 80.6 Å². The third-order valence-corrected chi connectivity index (χ3v) is 9.79. The van der Waals surface area contributed by atoms with Gasteiger partial charge in [-0.2, -0.15) is 9.78 Å². The topological polar surface area (TPSA) is 70.6 Å². The van der Waals surface area contributed by atoms with Crippen molar-refractivity contribution in [1.29, 1.82) is 0 Å². The lowest BCUT2D eigenvalue weighted by Crippen LogP contribution is -2.21. The van der Waals surface area contributed by atoms with Crippen LogP contribution in [0, 0.1) is 20.8 Å². The van der Waals surface area contributed by atoms with Gasteiger partial charge in [0.05, 0.1) is 23.7 Å². The normalized spacial score (nSPS) is 11.6. The molecule has 49 heavy (non-hydrogen) atoms. The van der Waals surface area contributed by atoms with E-state index in [0.29, 0.717) is 29.9 Å². The molecule has 0 saturated heterocycles. The van der Waals surface area contributed by atoms with Gasteiger partial charge in [0.1, 0.15) is 18.1 Å². The number of ether oxygens (including phenoxy) is 2. The Kier molecular flexibility index (Phi) is 10.2. The monoisotopic (exact) mass is 780 g/mol. The summed E-state index contributed by atoms with van der Waals surface area (Å²) >= 11 is 7.10. The Bertz CT molecular complexity index is 2250. The molecule has 0 fully saturated rings. The molecule has 0 aliphatic heterocycles. The van der Waals surface area contributed by atoms with Gasteiger partial charge in [-0.1, -0.05) is 63.9 Å². The summed E-state index contributed by atoms with van der Waals surface area (Å²) < 4.78 is 17.7. The molecule has 0 spiro atoms. The molecule has 2 aromatic heterocycles. The van der Waals surface area contributed by atoms with E-state index in [4.69, 9.17) is 19.6 Å². The molecule has 0 aliphatic carbocycles. The van der Waals surface area contributed by atoms with Crippen LogP contribution in [-0.2, 0) is 6.61 Å². The first-order valence-electron chi connectivity index (χ1n) is 16.3. The van der Waals surface area contributed by atoms with E-state index in [2.05, 4.69) is 76.3 Å². The highest BCUT2D eigenvalue weighted by molar-refractivity contribution is 9.11. The van der Waals surface area contributed by atoms with Crippen molar-refractivity contribution >= 4 is 49.0 Å². The molecule has 9 heteroatoms. The first-order chi connectivity index (χ1) is 23.5. The maximum Gasteiger partial charge on any atom is 0.282 e. The number of rotatable bonds is 10. The third kappa shape index (κ3) is 7.14. The molecule has 0 saturated carbocycles. The number of halogens is 2. The van der Waals surface area contributed by atoms with E-state index in [1.54, 1.807) is 12.3 Å². The average Bonchev–Trinajstić information content (AvgIpc) is 3.36. The van der Waals surface area contributed by atoms with Crippen molar-refractivity contribution in [3.63, 3.8) is 0 Å². The van der Waals surface area contributed by atoms with Crippen molar-refractivity contribution in [2.24, 2.45) is 5.10 Å². The van der Waals surface area contributed by atoms with Crippen molar-refractivity contribution < 1.29 is 9.47 Å². The fourth-order valence-electron chi connectivity index (χ4n) is 6.00. The zero-order valence-corrected chi connectivity index (χ0v) is 31.6. The first kappa shape index (κ1) is 34.4. The van der Waals surface area contributed by atoms with Gasteiger partial charge in [-0.05, 0) is 111 Å². The van der Waals surface area contributed by atoms with Gasteiger partial charge in [0, 0.05) is 42.7 Å². The fraction of sp³-hybridized carbons (Fsp3) is 0.225. The maximum atomic E-state index is 14.0. The van der Waals surface area contributed by atoms with Gasteiger partial charge >= 0.3 is 0 Å². The highest BCUT2D eigenvalue weighted by atomic mass is 79.9. The summed E-state index contributed by atoms with van der Waals surface area (Å²) in [5, 5.41) is 5.32. The highest BCUT2D eigenvalue weighted by Gasteiger charge is 2.19. The Balaban J connectivity index is 1.35. The Hall–Kier alpha value is -4.47. The van der Waals surface area contributed by atoms with Gasteiger partial charge < -0.3 is 14.0 Å². The molecule has 250 valence electrons. The van der Waals surface area contributed by atoms with E-state index >= 15 is 0 Å². The lowest BCUT2D eigenvalue weighted by Gasteiger charge is -2.18. The van der Waals surface area contributed by atoms with Gasteiger partial charge in [-0.3, -0.25) is 4.79 Å². The van der Waals surface area contributed by atoms with E-state index in [-0.39, 0.29) is 11.5 Å². The van der Waals surface area contributed by atoms with Crippen molar-refractivity contribution in [3.05, 3.63) is 138 Å². The predicted octanol–water partition coefficient (Wildman–Crippen LogP) is 10.3. The third-order valence-electron chi connectivity index (χ3n) is 8.56. The number of fused-ring (bicyclic) bond motifs is 1. The van der Waals surface area contributed by atoms with Crippen molar-refractivity contribution in [2.75, 3.05) is 6.61 Å². The molecule has 6 aromatic rings. The summed E-state index contributed by atoms with van der Waals surface area (Å²) in [6.45, 7) is 13.4. The fourth-order valence-corrected chi connectivity index (χ4v) is 7.16. The van der Waals surface area contributed by atoms with Gasteiger partial charge in [-0.15, -0.1) is 0 Å². The second-order valence-corrected chi connectivity index (χ2v) is 14.1. The van der Waals surface area contributed by atoms with Crippen LogP contribution in [0.5, 0.6) is 11.5 Å². The second kappa shape index (κ2) is 14.6. The number of hydrogen-bond donors (Lipinski definition) is 0. The van der Waals surface area contributed by atoms with Crippen LogP contribution in [0.1, 0.15) is 60.3 Å². The van der Waals surface area contributed by atoms with E-state index in [0.717, 1.165) is 65.3 Å². The van der Waals surface area contributed by atoms with E-state index in [1.165, 1.54) is 4.68 Å². The van der Waals surface area contributed by atoms with Crippen LogP contribution in [-0.4, -0.2) is 27.0 Å². The Morgan fingerprint density at radius 3 is 2.39 bits per heavy atom. The molecule has 6 rings (SSSR count). The number of aryl methyl sites for hydroxylation is 2. The molecule has 0 atom stereocenters. The largest absolute Gasteiger partial charge is 0.494 e. The van der Waals surface area contributed by atoms with Gasteiger partial charge in [-0.25, -0.2) is 4.98 Å². The van der Waals surface area contributed by atoms with Crippen LogP contribution in [0.2, 0.25) is 0 Å². The SMILES string of the molecule is CCOc1cc(C)c(-c2nc3ccccc3c(=O)n2N=Cc2cc(C)n(-c3ccc(OCc4ccc(Br)cc4Br)cc3)c2C)cc1C(C)C. The summed E-state index contributed by atoms with van der Waals surface area (Å²) in [5.74, 6) is 2.33. The summed E-state index contributed by atoms with van der Waals surface area (Å²) in [5.41, 5.74) is 8.26. The van der Waals surface area contributed by atoms with E-state index < -0.39 is 0 Å². The lowest BCUT2D eigenvalue weighted by molar-refractivity contribution is 0.305. The van der Waals surface area contributed by atoms with Crippen LogP contribution in [0.3, 0.4) is 0 Å². The number of hydrogen-bond acceptors (Lipinski definition) is 5. The molecule has 2 heterocycles. The summed E-state index contributed by atoms with van der Waals surface area (Å²) in [4.78, 5) is 19.0. The van der Waals surface area contributed by atoms with Crippen LogP contribution in [0.4, 0.5) is 0 Å². The molecule has 0 bridgehead atoms. The van der Waals surface area contributed by atoms with Crippen LogP contribution < -0.4 is 15.0 Å². The predicted molar refractivity (Wildman–Crippen MR) is 206 cm³/mol. The van der Waals surface area contributed by atoms with Crippen LogP contribution in [0.15, 0.2) is 104 Å². The number of benzene rings is 4. The van der Waals surface area contributed by atoms with Gasteiger partial charge in [0.25, 0.3) is 5.56 Å². The number of nitrogens with zero attached hydrogens (tertiary/aromatic N) is 4. The van der Waals surface area contributed by atoms with Crippen LogP contribution in [0.25, 0.3) is 28.0 Å². The second-order valence-electron chi connectivity index (χ2n) is 12.3. The molecular weight excluding hydrogens is 744 g/mol. The summed E-state index contributed by atoms with van der Waals surface area (Å²) in [6.07, 6.45) is 1.75. The maximum absolute atomic E-state index is 14.0. The van der Waals surface area contributed by atoms with Crippen molar-refractivity contribution in [2.45, 2.75) is 54.1 Å². The minimum atomic E-state index is -0.226. The Labute approximate surface area is 303 Å². The van der Waals surface area contributed by atoms with Crippen molar-refractivity contribution in [3.8, 4) is 28.6 Å². The van der Waals surface area contributed by atoms with Gasteiger partial charge in [0.2, 0.25) is 0 Å². The highest BCUT2D eigenvalue weighted by Crippen LogP contribution is 2.34. The first-order valence-corrected chi connectivity index (χ1v) is 17.8. The Morgan fingerprint density at radius 1 is 0.918 bits per heavy atom. The molecule has 0 amide bonds. The van der Waals surface area contributed by atoms with Crippen molar-refractivity contribution in [1.82, 2.24) is 14.2 Å². The van der Waals surface area contributed by atoms with Gasteiger partial charge in [0.15, 0.2) is 5.82 Å². The molecule has 4 aromatic carbocycles. The molecule has 0 unspecified atom stereocenters. The summed E-state index contributed by atoms with van der Waals surface area (Å²) in [6, 6.07) is 27.7. The number of para-hydroxylation sites is 1. The quantitative estimate of drug-likeness (QED) is 0.130. The minimum absolute atomic E-state index is 0.213. The standard InChI is InChI=1S/C40H38Br2N4O3/c1-7-48-38-18-25(4)35(21-34(38)24(2)3)39-44-37-11-9-8-10-33(37)40(47)46(39)43-22-29-19-26(5)45(27(29)6)31-14-16-32(17-15-31)49-23-28-12-13-30(41)20-36(28)42/h8-22,24H,7,23H2,1-6H3. The smallest absolute Gasteiger partial charge is 0.282 e. The summed E-state index contributed by atoms with van der Waals surface area (Å²) in [7, 11) is 0. The Morgan fingerprint density at radius 2 is 1.67 bits per heavy atom. The number of aromatic nitrogens is 3. The molecule has 0 radical (unpaired) electrons. The molecule has 7 nitrogen and oxygen atoms in total. The van der Waals surface area contributed by atoms with Crippen LogP contribution >= 0.6 is 31.9 Å². The molecule has 0 aliphatic rings. The molecular formula is C40H38Br2N4O3. The van der Waals surface area contributed by atoms with E-state index in [9.17, 15) is 4.79 Å².